The van der Waals surface area contributed by atoms with E-state index < -0.39 is 11.8 Å². The molecule has 1 aromatic carbocycles. The molecule has 0 bridgehead atoms. The minimum Gasteiger partial charge on any atom is -0.451 e. The number of pyridine rings is 1. The molecule has 3 aromatic rings. The highest BCUT2D eigenvalue weighted by Crippen LogP contribution is 2.24. The van der Waals surface area contributed by atoms with E-state index in [1.807, 2.05) is 18.2 Å². The average molecular weight is 325 g/mol. The molecule has 0 unspecified atom stereocenters. The van der Waals surface area contributed by atoms with Crippen LogP contribution < -0.4 is 16.4 Å². The number of rotatable bonds is 2. The highest BCUT2D eigenvalue weighted by atomic mass is 16.3. The maximum Gasteiger partial charge on any atom is 0.305 e. The summed E-state index contributed by atoms with van der Waals surface area (Å²) in [6.07, 6.45) is 1.47. The van der Waals surface area contributed by atoms with Gasteiger partial charge in [0.1, 0.15) is 5.58 Å². The Balaban J connectivity index is 1.74. The van der Waals surface area contributed by atoms with Crippen molar-refractivity contribution in [2.75, 3.05) is 0 Å². The quantitative estimate of drug-likeness (QED) is 0.699. The summed E-state index contributed by atoms with van der Waals surface area (Å²) in [5.41, 5.74) is 5.68. The Morgan fingerprint density at radius 3 is 2.50 bits per heavy atom. The summed E-state index contributed by atoms with van der Waals surface area (Å²) in [5.74, 6) is -1.03. The van der Waals surface area contributed by atoms with Crippen molar-refractivity contribution >= 4 is 22.8 Å². The molecule has 0 fully saturated rings. The van der Waals surface area contributed by atoms with E-state index in [9.17, 15) is 14.4 Å². The summed E-state index contributed by atoms with van der Waals surface area (Å²) in [5, 5.41) is 0.834. The maximum atomic E-state index is 12.2. The number of nitrogens with zero attached hydrogens (tertiary/aromatic N) is 1. The van der Waals surface area contributed by atoms with E-state index in [4.69, 9.17) is 4.42 Å². The molecule has 2 N–H and O–H groups in total. The van der Waals surface area contributed by atoms with Gasteiger partial charge >= 0.3 is 5.91 Å². The number of benzene rings is 1. The number of hydrazine groups is 1. The standard InChI is InChI=1S/C17H15N3O4/c1-10-12-5-3-4-6-13(12)24-15(10)17(23)19-18-16(22)11-7-8-20(2)14(21)9-11/h3-9H,1-2H3,(H,18,22)(H,19,23). The number of aromatic nitrogens is 1. The van der Waals surface area contributed by atoms with Crippen LogP contribution in [0.3, 0.4) is 0 Å². The molecule has 0 spiro atoms. The predicted octanol–water partition coefficient (Wildman–Crippen LogP) is 1.51. The van der Waals surface area contributed by atoms with Crippen LogP contribution in [0.1, 0.15) is 26.5 Å². The molecule has 2 amide bonds. The average Bonchev–Trinajstić information content (AvgIpc) is 2.92. The van der Waals surface area contributed by atoms with E-state index in [2.05, 4.69) is 10.9 Å². The zero-order chi connectivity index (χ0) is 17.3. The van der Waals surface area contributed by atoms with Gasteiger partial charge in [-0.3, -0.25) is 25.2 Å². The fourth-order valence-corrected chi connectivity index (χ4v) is 2.32. The van der Waals surface area contributed by atoms with Crippen molar-refractivity contribution in [1.82, 2.24) is 15.4 Å². The van der Waals surface area contributed by atoms with Crippen molar-refractivity contribution in [3.8, 4) is 0 Å². The van der Waals surface area contributed by atoms with Crippen molar-refractivity contribution in [2.45, 2.75) is 6.92 Å². The number of carbonyl (C=O) groups is 2. The van der Waals surface area contributed by atoms with Gasteiger partial charge in [0, 0.05) is 35.8 Å². The summed E-state index contributed by atoms with van der Waals surface area (Å²) in [6.45, 7) is 1.77. The van der Waals surface area contributed by atoms with Gasteiger partial charge in [-0.05, 0) is 19.1 Å². The SMILES string of the molecule is Cc1c(C(=O)NNC(=O)c2ccn(C)c(=O)c2)oc2ccccc12. The largest absolute Gasteiger partial charge is 0.451 e. The maximum absolute atomic E-state index is 12.2. The lowest BCUT2D eigenvalue weighted by Crippen LogP contribution is -2.42. The van der Waals surface area contributed by atoms with Crippen molar-refractivity contribution in [3.63, 3.8) is 0 Å². The minimum absolute atomic E-state index is 0.125. The predicted molar refractivity (Wildman–Crippen MR) is 87.6 cm³/mol. The summed E-state index contributed by atoms with van der Waals surface area (Å²) in [6, 6.07) is 9.94. The molecule has 0 aliphatic heterocycles. The third-order valence-electron chi connectivity index (χ3n) is 3.71. The Kier molecular flexibility index (Phi) is 3.91. The second-order valence-electron chi connectivity index (χ2n) is 5.33. The number of aryl methyl sites for hydroxylation is 2. The molecule has 0 aliphatic carbocycles. The first-order valence-corrected chi connectivity index (χ1v) is 7.23. The van der Waals surface area contributed by atoms with Crippen LogP contribution >= 0.6 is 0 Å². The number of hydrogen-bond donors (Lipinski definition) is 2. The first-order chi connectivity index (χ1) is 11.5. The number of furan rings is 1. The normalized spacial score (nSPS) is 10.6. The molecule has 2 heterocycles. The molecule has 7 heteroatoms. The number of para-hydroxylation sites is 1. The van der Waals surface area contributed by atoms with Crippen LogP contribution in [0.15, 0.2) is 51.8 Å². The van der Waals surface area contributed by atoms with E-state index in [0.29, 0.717) is 11.1 Å². The molecular formula is C17H15N3O4. The fourth-order valence-electron chi connectivity index (χ4n) is 2.32. The first-order valence-electron chi connectivity index (χ1n) is 7.23. The molecule has 24 heavy (non-hydrogen) atoms. The Labute approximate surface area is 136 Å². The Bertz CT molecular complexity index is 1000. The monoisotopic (exact) mass is 325 g/mol. The molecule has 2 aromatic heterocycles. The van der Waals surface area contributed by atoms with E-state index in [1.165, 1.54) is 22.9 Å². The molecule has 0 aliphatic rings. The summed E-state index contributed by atoms with van der Waals surface area (Å²) >= 11 is 0. The van der Waals surface area contributed by atoms with E-state index in [-0.39, 0.29) is 16.9 Å². The third-order valence-corrected chi connectivity index (χ3v) is 3.71. The molecule has 3 rings (SSSR count). The lowest BCUT2D eigenvalue weighted by Gasteiger charge is -2.06. The van der Waals surface area contributed by atoms with Crippen LogP contribution in [-0.2, 0) is 7.05 Å². The molecule has 122 valence electrons. The van der Waals surface area contributed by atoms with Crippen LogP contribution in [0.2, 0.25) is 0 Å². The lowest BCUT2D eigenvalue weighted by atomic mass is 10.1. The van der Waals surface area contributed by atoms with Gasteiger partial charge in [0.25, 0.3) is 11.5 Å². The van der Waals surface area contributed by atoms with Crippen molar-refractivity contribution < 1.29 is 14.0 Å². The second kappa shape index (κ2) is 6.04. The van der Waals surface area contributed by atoms with E-state index in [1.54, 1.807) is 20.0 Å². The highest BCUT2D eigenvalue weighted by Gasteiger charge is 2.18. The van der Waals surface area contributed by atoms with Gasteiger partial charge < -0.3 is 8.98 Å². The van der Waals surface area contributed by atoms with Crippen LogP contribution in [0.4, 0.5) is 0 Å². The van der Waals surface area contributed by atoms with Crippen LogP contribution in [-0.4, -0.2) is 16.4 Å². The second-order valence-corrected chi connectivity index (χ2v) is 5.33. The Morgan fingerprint density at radius 1 is 1.08 bits per heavy atom. The molecule has 0 radical (unpaired) electrons. The van der Waals surface area contributed by atoms with E-state index >= 15 is 0 Å². The molecule has 0 atom stereocenters. The molecule has 0 saturated heterocycles. The van der Waals surface area contributed by atoms with Crippen molar-refractivity contribution in [1.29, 1.82) is 0 Å². The summed E-state index contributed by atoms with van der Waals surface area (Å²) in [4.78, 5) is 35.7. The van der Waals surface area contributed by atoms with Gasteiger partial charge in [0.05, 0.1) is 0 Å². The summed E-state index contributed by atoms with van der Waals surface area (Å²) < 4.78 is 6.86. The Morgan fingerprint density at radius 2 is 1.79 bits per heavy atom. The zero-order valence-electron chi connectivity index (χ0n) is 13.1. The molecule has 7 nitrogen and oxygen atoms in total. The Hall–Kier alpha value is -3.35. The van der Waals surface area contributed by atoms with Gasteiger partial charge in [-0.15, -0.1) is 0 Å². The third kappa shape index (κ3) is 2.79. The molecule has 0 saturated carbocycles. The van der Waals surface area contributed by atoms with Crippen molar-refractivity contribution in [3.05, 3.63) is 69.8 Å². The van der Waals surface area contributed by atoms with Gasteiger partial charge in [0.2, 0.25) is 0 Å². The molecular weight excluding hydrogens is 310 g/mol. The van der Waals surface area contributed by atoms with Crippen LogP contribution in [0.25, 0.3) is 11.0 Å². The zero-order valence-corrected chi connectivity index (χ0v) is 13.1. The minimum atomic E-state index is -0.588. The number of carbonyl (C=O) groups excluding carboxylic acids is 2. The van der Waals surface area contributed by atoms with Gasteiger partial charge in [-0.1, -0.05) is 18.2 Å². The number of fused-ring (bicyclic) bond motifs is 1. The van der Waals surface area contributed by atoms with E-state index in [0.717, 1.165) is 5.39 Å². The van der Waals surface area contributed by atoms with Gasteiger partial charge in [-0.2, -0.15) is 0 Å². The fraction of sp³-hybridized carbons (Fsp3) is 0.118. The smallest absolute Gasteiger partial charge is 0.305 e. The van der Waals surface area contributed by atoms with Crippen LogP contribution in [0.5, 0.6) is 0 Å². The topological polar surface area (TPSA) is 93.3 Å². The summed E-state index contributed by atoms with van der Waals surface area (Å²) in [7, 11) is 1.58. The first kappa shape index (κ1) is 15.5. The number of hydrogen-bond acceptors (Lipinski definition) is 4. The van der Waals surface area contributed by atoms with Gasteiger partial charge in [-0.25, -0.2) is 0 Å². The highest BCUT2D eigenvalue weighted by molar-refractivity contribution is 6.01. The van der Waals surface area contributed by atoms with Crippen molar-refractivity contribution in [2.24, 2.45) is 7.05 Å². The number of amides is 2. The lowest BCUT2D eigenvalue weighted by molar-refractivity contribution is 0.0831. The number of nitrogens with one attached hydrogen (secondary N) is 2. The van der Waals surface area contributed by atoms with Gasteiger partial charge in [0.15, 0.2) is 5.76 Å². The van der Waals surface area contributed by atoms with Crippen LogP contribution in [0, 0.1) is 6.92 Å².